The predicted octanol–water partition coefficient (Wildman–Crippen LogP) is 3.47. The maximum atomic E-state index is 11.3. The van der Waals surface area contributed by atoms with Crippen molar-refractivity contribution >= 4 is 17.3 Å². The Labute approximate surface area is 118 Å². The van der Waals surface area contributed by atoms with Gasteiger partial charge >= 0.3 is 5.97 Å². The van der Waals surface area contributed by atoms with E-state index in [0.717, 1.165) is 11.3 Å². The number of aryl methyl sites for hydroxylation is 1. The van der Waals surface area contributed by atoms with Gasteiger partial charge < -0.3 is 14.7 Å². The van der Waals surface area contributed by atoms with Gasteiger partial charge in [0.25, 0.3) is 0 Å². The smallest absolute Gasteiger partial charge is 0.337 e. The molecule has 0 amide bonds. The lowest BCUT2D eigenvalue weighted by atomic mass is 10.1. The van der Waals surface area contributed by atoms with E-state index >= 15 is 0 Å². The zero-order valence-corrected chi connectivity index (χ0v) is 11.8. The first-order valence-electron chi connectivity index (χ1n) is 6.24. The van der Waals surface area contributed by atoms with E-state index < -0.39 is 5.97 Å². The maximum absolute atomic E-state index is 11.3. The molecule has 2 rings (SSSR count). The minimum absolute atomic E-state index is 0.244. The van der Waals surface area contributed by atoms with Gasteiger partial charge in [-0.25, -0.2) is 4.79 Å². The molecule has 0 spiro atoms. The van der Waals surface area contributed by atoms with Crippen LogP contribution in [0.1, 0.15) is 15.9 Å². The molecule has 1 N–H and O–H groups in total. The van der Waals surface area contributed by atoms with Gasteiger partial charge in [-0.1, -0.05) is 17.7 Å². The lowest BCUT2D eigenvalue weighted by Crippen LogP contribution is -2.14. The van der Waals surface area contributed by atoms with E-state index in [1.54, 1.807) is 25.3 Å². The lowest BCUT2D eigenvalue weighted by molar-refractivity contribution is 0.0697. The second-order valence-electron chi connectivity index (χ2n) is 4.58. The number of nitrogens with zero attached hydrogens (tertiary/aromatic N) is 1. The van der Waals surface area contributed by atoms with Gasteiger partial charge in [0.1, 0.15) is 5.75 Å². The molecule has 0 bridgehead atoms. The van der Waals surface area contributed by atoms with E-state index in [-0.39, 0.29) is 5.56 Å². The summed E-state index contributed by atoms with van der Waals surface area (Å²) >= 11 is 0. The van der Waals surface area contributed by atoms with Crippen LogP contribution in [-0.2, 0) is 0 Å². The summed E-state index contributed by atoms with van der Waals surface area (Å²) in [7, 11) is 3.40. The number of carbonyl (C=O) groups is 1. The van der Waals surface area contributed by atoms with E-state index in [9.17, 15) is 9.90 Å². The highest BCUT2D eigenvalue weighted by Crippen LogP contribution is 2.30. The molecule has 20 heavy (non-hydrogen) atoms. The fourth-order valence-corrected chi connectivity index (χ4v) is 2.00. The van der Waals surface area contributed by atoms with Crippen LogP contribution in [-0.4, -0.2) is 25.2 Å². The average Bonchev–Trinajstić information content (AvgIpc) is 2.46. The normalized spacial score (nSPS) is 10.2. The van der Waals surface area contributed by atoms with E-state index in [2.05, 4.69) is 0 Å². The second kappa shape index (κ2) is 5.65. The predicted molar refractivity (Wildman–Crippen MR) is 79.2 cm³/mol. The highest BCUT2D eigenvalue weighted by atomic mass is 16.5. The number of methoxy groups -OCH3 is 1. The molecule has 0 aliphatic heterocycles. The van der Waals surface area contributed by atoms with Crippen LogP contribution >= 0.6 is 0 Å². The average molecular weight is 271 g/mol. The third kappa shape index (κ3) is 2.74. The van der Waals surface area contributed by atoms with Crippen molar-refractivity contribution in [1.29, 1.82) is 0 Å². The van der Waals surface area contributed by atoms with Crippen LogP contribution in [0, 0.1) is 6.92 Å². The number of ether oxygens (including phenoxy) is 1. The van der Waals surface area contributed by atoms with Crippen molar-refractivity contribution in [3.63, 3.8) is 0 Å². The molecule has 104 valence electrons. The molecule has 0 saturated carbocycles. The van der Waals surface area contributed by atoms with Crippen LogP contribution in [0.25, 0.3) is 0 Å². The number of anilines is 2. The van der Waals surface area contributed by atoms with Gasteiger partial charge in [0.05, 0.1) is 18.4 Å². The lowest BCUT2D eigenvalue weighted by Gasteiger charge is -2.22. The standard InChI is InChI=1S/C16H17NO3/c1-11-4-6-12(7-5-11)17(2)15-10-13(20-3)8-9-14(15)16(18)19/h4-10H,1-3H3,(H,18,19). The highest BCUT2D eigenvalue weighted by molar-refractivity contribution is 5.96. The van der Waals surface area contributed by atoms with Crippen LogP contribution in [0.15, 0.2) is 42.5 Å². The summed E-state index contributed by atoms with van der Waals surface area (Å²) in [5, 5.41) is 9.30. The van der Waals surface area contributed by atoms with Crippen molar-refractivity contribution in [2.75, 3.05) is 19.1 Å². The molecule has 0 unspecified atom stereocenters. The number of aromatic carboxylic acids is 1. The van der Waals surface area contributed by atoms with Gasteiger partial charge in [-0.2, -0.15) is 0 Å². The van der Waals surface area contributed by atoms with Crippen LogP contribution in [0.5, 0.6) is 5.75 Å². The summed E-state index contributed by atoms with van der Waals surface area (Å²) < 4.78 is 5.18. The van der Waals surface area contributed by atoms with E-state index in [0.29, 0.717) is 11.4 Å². The third-order valence-corrected chi connectivity index (χ3v) is 3.22. The molecule has 2 aromatic rings. The molecule has 4 heteroatoms. The Bertz CT molecular complexity index is 620. The van der Waals surface area contributed by atoms with Gasteiger partial charge in [-0.3, -0.25) is 0 Å². The summed E-state index contributed by atoms with van der Waals surface area (Å²) in [5.41, 5.74) is 2.92. The minimum Gasteiger partial charge on any atom is -0.497 e. The Morgan fingerprint density at radius 3 is 2.35 bits per heavy atom. The van der Waals surface area contributed by atoms with E-state index in [1.165, 1.54) is 0 Å². The molecule has 0 aliphatic rings. The number of carboxylic acids is 1. The Morgan fingerprint density at radius 2 is 1.80 bits per heavy atom. The fourth-order valence-electron chi connectivity index (χ4n) is 2.00. The Kier molecular flexibility index (Phi) is 3.94. The van der Waals surface area contributed by atoms with Crippen molar-refractivity contribution in [3.05, 3.63) is 53.6 Å². The quantitative estimate of drug-likeness (QED) is 0.925. The SMILES string of the molecule is COc1ccc(C(=O)O)c(N(C)c2ccc(C)cc2)c1. The van der Waals surface area contributed by atoms with Crippen molar-refractivity contribution in [3.8, 4) is 5.75 Å². The maximum Gasteiger partial charge on any atom is 0.337 e. The summed E-state index contributed by atoms with van der Waals surface area (Å²) in [6.45, 7) is 2.01. The molecule has 0 fully saturated rings. The van der Waals surface area contributed by atoms with Crippen molar-refractivity contribution in [2.24, 2.45) is 0 Å². The molecular weight excluding hydrogens is 254 g/mol. The number of hydrogen-bond acceptors (Lipinski definition) is 3. The summed E-state index contributed by atoms with van der Waals surface area (Å²) in [6.07, 6.45) is 0. The van der Waals surface area contributed by atoms with Gasteiger partial charge in [-0.15, -0.1) is 0 Å². The zero-order valence-electron chi connectivity index (χ0n) is 11.8. The molecule has 0 heterocycles. The number of rotatable bonds is 4. The summed E-state index contributed by atoms with van der Waals surface area (Å²) in [4.78, 5) is 13.2. The fraction of sp³-hybridized carbons (Fsp3) is 0.188. The Hall–Kier alpha value is -2.49. The van der Waals surface area contributed by atoms with Gasteiger partial charge in [0.2, 0.25) is 0 Å². The molecule has 2 aromatic carbocycles. The van der Waals surface area contributed by atoms with Crippen LogP contribution in [0.3, 0.4) is 0 Å². The Balaban J connectivity index is 2.48. The zero-order chi connectivity index (χ0) is 14.7. The first kappa shape index (κ1) is 13.9. The molecule has 0 atom stereocenters. The first-order valence-corrected chi connectivity index (χ1v) is 6.24. The van der Waals surface area contributed by atoms with E-state index in [1.807, 2.05) is 43.1 Å². The molecule has 4 nitrogen and oxygen atoms in total. The molecule has 0 radical (unpaired) electrons. The first-order chi connectivity index (χ1) is 9.52. The van der Waals surface area contributed by atoms with Crippen LogP contribution in [0.4, 0.5) is 11.4 Å². The minimum atomic E-state index is -0.957. The van der Waals surface area contributed by atoms with Gasteiger partial charge in [-0.05, 0) is 31.2 Å². The number of hydrogen-bond donors (Lipinski definition) is 1. The second-order valence-corrected chi connectivity index (χ2v) is 4.58. The third-order valence-electron chi connectivity index (χ3n) is 3.22. The summed E-state index contributed by atoms with van der Waals surface area (Å²) in [5.74, 6) is -0.328. The number of benzene rings is 2. The molecule has 0 aromatic heterocycles. The van der Waals surface area contributed by atoms with Gasteiger partial charge in [0.15, 0.2) is 0 Å². The van der Waals surface area contributed by atoms with E-state index in [4.69, 9.17) is 4.74 Å². The van der Waals surface area contributed by atoms with Crippen molar-refractivity contribution in [1.82, 2.24) is 0 Å². The van der Waals surface area contributed by atoms with Crippen molar-refractivity contribution < 1.29 is 14.6 Å². The number of carboxylic acid groups (broad SMARTS) is 1. The van der Waals surface area contributed by atoms with Gasteiger partial charge in [0, 0.05) is 18.8 Å². The largest absolute Gasteiger partial charge is 0.497 e. The molecular formula is C16H17NO3. The molecule has 0 aliphatic carbocycles. The monoisotopic (exact) mass is 271 g/mol. The summed E-state index contributed by atoms with van der Waals surface area (Å²) in [6, 6.07) is 12.8. The Morgan fingerprint density at radius 1 is 1.15 bits per heavy atom. The highest BCUT2D eigenvalue weighted by Gasteiger charge is 2.15. The van der Waals surface area contributed by atoms with Crippen LogP contribution in [0.2, 0.25) is 0 Å². The molecule has 0 saturated heterocycles. The van der Waals surface area contributed by atoms with Crippen molar-refractivity contribution in [2.45, 2.75) is 6.92 Å². The topological polar surface area (TPSA) is 49.8 Å². The van der Waals surface area contributed by atoms with Crippen LogP contribution < -0.4 is 9.64 Å².